The van der Waals surface area contributed by atoms with Gasteiger partial charge < -0.3 is 5.32 Å². The lowest BCUT2D eigenvalue weighted by Crippen LogP contribution is -2.36. The molecule has 0 heterocycles. The fourth-order valence-corrected chi connectivity index (χ4v) is 3.30. The van der Waals surface area contributed by atoms with Gasteiger partial charge in [-0.05, 0) is 43.6 Å². The predicted molar refractivity (Wildman–Crippen MR) is 72.7 cm³/mol. The van der Waals surface area contributed by atoms with Crippen molar-refractivity contribution in [2.24, 2.45) is 17.8 Å². The third kappa shape index (κ3) is 4.08. The van der Waals surface area contributed by atoms with Gasteiger partial charge in [0.1, 0.15) is 0 Å². The standard InChI is InChI=1S/C15H31N/c1-5-13(6-2)11-15(16-7-3)14-9-8-12(4)10-14/h12-16H,5-11H2,1-4H3. The molecular weight excluding hydrogens is 194 g/mol. The normalized spacial score (nSPS) is 27.6. The van der Waals surface area contributed by atoms with E-state index in [0.29, 0.717) is 0 Å². The molecule has 0 bridgehead atoms. The molecule has 96 valence electrons. The zero-order chi connectivity index (χ0) is 12.0. The second kappa shape index (κ2) is 7.32. The van der Waals surface area contributed by atoms with Crippen LogP contribution >= 0.6 is 0 Å². The van der Waals surface area contributed by atoms with Crippen LogP contribution < -0.4 is 5.32 Å². The monoisotopic (exact) mass is 225 g/mol. The summed E-state index contributed by atoms with van der Waals surface area (Å²) in [5.74, 6) is 2.85. The van der Waals surface area contributed by atoms with Crippen molar-refractivity contribution in [3.8, 4) is 0 Å². The first kappa shape index (κ1) is 14.0. The largest absolute Gasteiger partial charge is 0.314 e. The Kier molecular flexibility index (Phi) is 6.41. The smallest absolute Gasteiger partial charge is 0.00979 e. The molecule has 1 aliphatic rings. The Bertz CT molecular complexity index is 174. The van der Waals surface area contributed by atoms with Crippen molar-refractivity contribution in [3.05, 3.63) is 0 Å². The van der Waals surface area contributed by atoms with E-state index in [1.165, 1.54) is 38.5 Å². The maximum absolute atomic E-state index is 3.74. The van der Waals surface area contributed by atoms with Gasteiger partial charge in [-0.2, -0.15) is 0 Å². The van der Waals surface area contributed by atoms with Crippen molar-refractivity contribution < 1.29 is 0 Å². The van der Waals surface area contributed by atoms with Gasteiger partial charge in [-0.1, -0.05) is 47.0 Å². The van der Waals surface area contributed by atoms with Crippen molar-refractivity contribution in [3.63, 3.8) is 0 Å². The summed E-state index contributed by atoms with van der Waals surface area (Å²) in [5.41, 5.74) is 0. The lowest BCUT2D eigenvalue weighted by atomic mass is 9.86. The molecule has 1 fully saturated rings. The number of hydrogen-bond donors (Lipinski definition) is 1. The Labute approximate surface area is 102 Å². The van der Waals surface area contributed by atoms with E-state index in [-0.39, 0.29) is 0 Å². The van der Waals surface area contributed by atoms with E-state index in [2.05, 4.69) is 33.0 Å². The van der Waals surface area contributed by atoms with E-state index in [1.54, 1.807) is 0 Å². The van der Waals surface area contributed by atoms with Crippen LogP contribution in [0.15, 0.2) is 0 Å². The summed E-state index contributed by atoms with van der Waals surface area (Å²) in [5, 5.41) is 3.74. The van der Waals surface area contributed by atoms with Crippen LogP contribution in [0.5, 0.6) is 0 Å². The molecule has 1 rings (SSSR count). The average Bonchev–Trinajstić information content (AvgIpc) is 2.71. The van der Waals surface area contributed by atoms with Gasteiger partial charge in [0.25, 0.3) is 0 Å². The first-order valence-corrected chi connectivity index (χ1v) is 7.44. The van der Waals surface area contributed by atoms with E-state index in [1.807, 2.05) is 0 Å². The second-order valence-electron chi connectivity index (χ2n) is 5.76. The molecule has 0 aliphatic heterocycles. The van der Waals surface area contributed by atoms with Gasteiger partial charge in [0.15, 0.2) is 0 Å². The fourth-order valence-electron chi connectivity index (χ4n) is 3.30. The predicted octanol–water partition coefficient (Wildman–Crippen LogP) is 4.23. The molecule has 0 aromatic heterocycles. The molecule has 0 aromatic rings. The highest BCUT2D eigenvalue weighted by molar-refractivity contribution is 4.84. The quantitative estimate of drug-likeness (QED) is 0.684. The molecule has 16 heavy (non-hydrogen) atoms. The summed E-state index contributed by atoms with van der Waals surface area (Å²) in [6.45, 7) is 10.5. The van der Waals surface area contributed by atoms with Crippen molar-refractivity contribution in [2.75, 3.05) is 6.54 Å². The van der Waals surface area contributed by atoms with Gasteiger partial charge in [0, 0.05) is 6.04 Å². The summed E-state index contributed by atoms with van der Waals surface area (Å²) >= 11 is 0. The highest BCUT2D eigenvalue weighted by Gasteiger charge is 2.29. The third-order valence-corrected chi connectivity index (χ3v) is 4.51. The summed E-state index contributed by atoms with van der Waals surface area (Å²) < 4.78 is 0. The highest BCUT2D eigenvalue weighted by atomic mass is 14.9. The van der Waals surface area contributed by atoms with Crippen LogP contribution in [0.4, 0.5) is 0 Å². The Morgan fingerprint density at radius 1 is 1.12 bits per heavy atom. The van der Waals surface area contributed by atoms with Gasteiger partial charge >= 0.3 is 0 Å². The molecule has 0 aromatic carbocycles. The van der Waals surface area contributed by atoms with Crippen LogP contribution in [0, 0.1) is 17.8 Å². The summed E-state index contributed by atoms with van der Waals surface area (Å²) in [6, 6.07) is 0.792. The van der Waals surface area contributed by atoms with E-state index in [4.69, 9.17) is 0 Å². The van der Waals surface area contributed by atoms with Crippen molar-refractivity contribution >= 4 is 0 Å². The molecule has 1 aliphatic carbocycles. The Hall–Kier alpha value is -0.0400. The van der Waals surface area contributed by atoms with Gasteiger partial charge in [0.2, 0.25) is 0 Å². The molecule has 3 atom stereocenters. The van der Waals surface area contributed by atoms with Gasteiger partial charge in [-0.25, -0.2) is 0 Å². The molecule has 0 amide bonds. The number of rotatable bonds is 7. The first-order chi connectivity index (χ1) is 7.71. The number of hydrogen-bond acceptors (Lipinski definition) is 1. The summed E-state index contributed by atoms with van der Waals surface area (Å²) in [7, 11) is 0. The Morgan fingerprint density at radius 3 is 2.25 bits per heavy atom. The van der Waals surface area contributed by atoms with Crippen molar-refractivity contribution in [1.29, 1.82) is 0 Å². The third-order valence-electron chi connectivity index (χ3n) is 4.51. The van der Waals surface area contributed by atoms with E-state index < -0.39 is 0 Å². The van der Waals surface area contributed by atoms with Gasteiger partial charge in [0.05, 0.1) is 0 Å². The molecule has 0 saturated heterocycles. The van der Waals surface area contributed by atoms with E-state index >= 15 is 0 Å². The number of nitrogens with one attached hydrogen (secondary N) is 1. The van der Waals surface area contributed by atoms with Crippen LogP contribution in [-0.4, -0.2) is 12.6 Å². The van der Waals surface area contributed by atoms with Gasteiger partial charge in [-0.3, -0.25) is 0 Å². The summed E-state index contributed by atoms with van der Waals surface area (Å²) in [4.78, 5) is 0. The zero-order valence-electron chi connectivity index (χ0n) is 11.8. The fraction of sp³-hybridized carbons (Fsp3) is 1.00. The Balaban J connectivity index is 2.46. The van der Waals surface area contributed by atoms with Gasteiger partial charge in [-0.15, -0.1) is 0 Å². The minimum atomic E-state index is 0.792. The zero-order valence-corrected chi connectivity index (χ0v) is 11.8. The molecule has 1 N–H and O–H groups in total. The molecule has 1 nitrogen and oxygen atoms in total. The van der Waals surface area contributed by atoms with Crippen molar-refractivity contribution in [1.82, 2.24) is 5.32 Å². The van der Waals surface area contributed by atoms with Crippen LogP contribution in [0.2, 0.25) is 0 Å². The van der Waals surface area contributed by atoms with Crippen LogP contribution in [-0.2, 0) is 0 Å². The highest BCUT2D eigenvalue weighted by Crippen LogP contribution is 2.35. The molecule has 1 saturated carbocycles. The molecule has 1 heteroatoms. The minimum Gasteiger partial charge on any atom is -0.314 e. The maximum atomic E-state index is 3.74. The molecule has 3 unspecified atom stereocenters. The maximum Gasteiger partial charge on any atom is 0.00979 e. The average molecular weight is 225 g/mol. The molecule has 0 spiro atoms. The summed E-state index contributed by atoms with van der Waals surface area (Å²) in [6.07, 6.45) is 8.46. The van der Waals surface area contributed by atoms with Crippen LogP contribution in [0.3, 0.4) is 0 Å². The van der Waals surface area contributed by atoms with Crippen LogP contribution in [0.1, 0.15) is 66.2 Å². The van der Waals surface area contributed by atoms with E-state index in [9.17, 15) is 0 Å². The Morgan fingerprint density at radius 2 is 1.81 bits per heavy atom. The minimum absolute atomic E-state index is 0.792. The lowest BCUT2D eigenvalue weighted by Gasteiger charge is -2.28. The van der Waals surface area contributed by atoms with Crippen LogP contribution in [0.25, 0.3) is 0 Å². The molecular formula is C15H31N. The lowest BCUT2D eigenvalue weighted by molar-refractivity contribution is 0.284. The first-order valence-electron chi connectivity index (χ1n) is 7.44. The molecule has 0 radical (unpaired) electrons. The topological polar surface area (TPSA) is 12.0 Å². The van der Waals surface area contributed by atoms with Crippen molar-refractivity contribution in [2.45, 2.75) is 72.3 Å². The second-order valence-corrected chi connectivity index (χ2v) is 5.76. The SMILES string of the molecule is CCNC(CC(CC)CC)C1CCC(C)C1. The van der Waals surface area contributed by atoms with E-state index in [0.717, 1.165) is 30.3 Å².